The van der Waals surface area contributed by atoms with E-state index in [9.17, 15) is 9.90 Å². The molecule has 0 saturated carbocycles. The van der Waals surface area contributed by atoms with Gasteiger partial charge in [0, 0.05) is 23.6 Å². The van der Waals surface area contributed by atoms with Crippen molar-refractivity contribution in [3.63, 3.8) is 0 Å². The quantitative estimate of drug-likeness (QED) is 0.624. The van der Waals surface area contributed by atoms with Crippen LogP contribution in [0.25, 0.3) is 0 Å². The normalized spacial score (nSPS) is 12.8. The van der Waals surface area contributed by atoms with Crippen LogP contribution in [0.1, 0.15) is 24.5 Å². The Morgan fingerprint density at radius 1 is 1.04 bits per heavy atom. The Morgan fingerprint density at radius 3 is 2.43 bits per heavy atom. The minimum Gasteiger partial charge on any atom is -0.489 e. The minimum atomic E-state index is -1.45. The van der Waals surface area contributed by atoms with Crippen molar-refractivity contribution >= 4 is 11.6 Å². The maximum atomic E-state index is 12.5. The summed E-state index contributed by atoms with van der Waals surface area (Å²) in [7, 11) is 0. The van der Waals surface area contributed by atoms with Crippen LogP contribution in [-0.2, 0) is 17.8 Å². The maximum absolute atomic E-state index is 12.5. The lowest BCUT2D eigenvalue weighted by molar-refractivity contribution is -0.132. The van der Waals surface area contributed by atoms with E-state index in [4.69, 9.17) is 4.74 Å². The number of pyridine rings is 1. The van der Waals surface area contributed by atoms with Gasteiger partial charge in [0.15, 0.2) is 0 Å². The van der Waals surface area contributed by atoms with Crippen LogP contribution >= 0.6 is 0 Å². The lowest BCUT2D eigenvalue weighted by Crippen LogP contribution is -2.40. The van der Waals surface area contributed by atoms with E-state index in [2.05, 4.69) is 10.3 Å². The summed E-state index contributed by atoms with van der Waals surface area (Å²) in [6.07, 6.45) is 4.44. The number of amides is 1. The van der Waals surface area contributed by atoms with Gasteiger partial charge in [-0.05, 0) is 55.7 Å². The molecule has 1 atom stereocenters. The van der Waals surface area contributed by atoms with Gasteiger partial charge < -0.3 is 15.2 Å². The summed E-state index contributed by atoms with van der Waals surface area (Å²) in [5.74, 6) is 0.269. The van der Waals surface area contributed by atoms with Crippen LogP contribution < -0.4 is 10.1 Å². The van der Waals surface area contributed by atoms with Crippen molar-refractivity contribution in [2.24, 2.45) is 0 Å². The number of aromatic nitrogens is 1. The highest BCUT2D eigenvalue weighted by molar-refractivity contribution is 5.96. The lowest BCUT2D eigenvalue weighted by Gasteiger charge is -2.22. The Hall–Kier alpha value is -3.18. The van der Waals surface area contributed by atoms with E-state index in [0.717, 1.165) is 11.1 Å². The van der Waals surface area contributed by atoms with Gasteiger partial charge >= 0.3 is 0 Å². The standard InChI is InChI=1S/C23H24N2O3/c1-23(27,14-13-18-6-3-2-4-7-18)22(26)25-20-9-11-21(12-10-20)28-17-19-8-5-15-24-16-19/h2-12,15-16,27H,13-14,17H2,1H3,(H,25,26). The summed E-state index contributed by atoms with van der Waals surface area (Å²) in [5.41, 5.74) is 1.23. The first-order chi connectivity index (χ1) is 13.5. The Balaban J connectivity index is 1.51. The number of carbonyl (C=O) groups is 1. The van der Waals surface area contributed by atoms with Crippen LogP contribution in [0.5, 0.6) is 5.75 Å². The predicted octanol–water partition coefficient (Wildman–Crippen LogP) is 3.98. The Bertz CT molecular complexity index is 879. The van der Waals surface area contributed by atoms with Crippen LogP contribution in [0.2, 0.25) is 0 Å². The van der Waals surface area contributed by atoms with E-state index < -0.39 is 11.5 Å². The van der Waals surface area contributed by atoms with E-state index >= 15 is 0 Å². The number of nitrogens with one attached hydrogen (secondary N) is 1. The third-order valence-electron chi connectivity index (χ3n) is 4.47. The molecule has 28 heavy (non-hydrogen) atoms. The largest absolute Gasteiger partial charge is 0.489 e. The van der Waals surface area contributed by atoms with Crippen molar-refractivity contribution in [3.8, 4) is 5.75 Å². The molecule has 0 radical (unpaired) electrons. The molecule has 1 heterocycles. The molecule has 0 aliphatic heterocycles. The van der Waals surface area contributed by atoms with E-state index in [0.29, 0.717) is 30.9 Å². The van der Waals surface area contributed by atoms with Gasteiger partial charge in [-0.2, -0.15) is 0 Å². The highest BCUT2D eigenvalue weighted by atomic mass is 16.5. The maximum Gasteiger partial charge on any atom is 0.256 e. The molecular weight excluding hydrogens is 352 g/mol. The lowest BCUT2D eigenvalue weighted by atomic mass is 9.96. The zero-order chi connectivity index (χ0) is 19.8. The molecule has 0 bridgehead atoms. The van der Waals surface area contributed by atoms with Crippen LogP contribution in [0, 0.1) is 0 Å². The van der Waals surface area contributed by atoms with Gasteiger partial charge in [-0.3, -0.25) is 9.78 Å². The molecule has 1 aromatic heterocycles. The summed E-state index contributed by atoms with van der Waals surface area (Å²) in [6.45, 7) is 1.96. The fraction of sp³-hybridized carbons (Fsp3) is 0.217. The van der Waals surface area contributed by atoms with Gasteiger partial charge in [0.25, 0.3) is 5.91 Å². The third-order valence-corrected chi connectivity index (χ3v) is 4.47. The van der Waals surface area contributed by atoms with E-state index in [1.165, 1.54) is 6.92 Å². The summed E-state index contributed by atoms with van der Waals surface area (Å²) in [6, 6.07) is 20.7. The monoisotopic (exact) mass is 376 g/mol. The highest BCUT2D eigenvalue weighted by Crippen LogP contribution is 2.20. The van der Waals surface area contributed by atoms with Crippen LogP contribution in [0.3, 0.4) is 0 Å². The summed E-state index contributed by atoms with van der Waals surface area (Å²) in [4.78, 5) is 16.5. The molecule has 1 unspecified atom stereocenters. The van der Waals surface area contributed by atoms with Gasteiger partial charge in [-0.25, -0.2) is 0 Å². The Labute approximate surface area is 165 Å². The molecule has 2 aromatic carbocycles. The molecule has 0 spiro atoms. The smallest absolute Gasteiger partial charge is 0.256 e. The first-order valence-electron chi connectivity index (χ1n) is 9.22. The first kappa shape index (κ1) is 19.6. The van der Waals surface area contributed by atoms with Crippen molar-refractivity contribution in [2.75, 3.05) is 5.32 Å². The van der Waals surface area contributed by atoms with E-state index in [1.807, 2.05) is 42.5 Å². The van der Waals surface area contributed by atoms with Gasteiger partial charge in [-0.1, -0.05) is 36.4 Å². The fourth-order valence-corrected chi connectivity index (χ4v) is 2.70. The van der Waals surface area contributed by atoms with Gasteiger partial charge in [0.1, 0.15) is 18.0 Å². The Kier molecular flexibility index (Phi) is 6.40. The SMILES string of the molecule is CC(O)(CCc1ccccc1)C(=O)Nc1ccc(OCc2cccnc2)cc1. The molecule has 5 nitrogen and oxygen atoms in total. The van der Waals surface area contributed by atoms with Crippen molar-refractivity contribution in [1.29, 1.82) is 0 Å². The summed E-state index contributed by atoms with van der Waals surface area (Å²) in [5, 5.41) is 13.3. The molecule has 0 aliphatic carbocycles. The second kappa shape index (κ2) is 9.15. The minimum absolute atomic E-state index is 0.342. The third kappa shape index (κ3) is 5.66. The number of rotatable bonds is 8. The average molecular weight is 376 g/mol. The molecule has 3 aromatic rings. The molecule has 1 amide bonds. The van der Waals surface area contributed by atoms with Crippen molar-refractivity contribution in [2.45, 2.75) is 32.0 Å². The van der Waals surface area contributed by atoms with Crippen LogP contribution in [-0.4, -0.2) is 21.6 Å². The van der Waals surface area contributed by atoms with Gasteiger partial charge in [0.2, 0.25) is 0 Å². The number of nitrogens with zero attached hydrogens (tertiary/aromatic N) is 1. The molecule has 0 saturated heterocycles. The fourth-order valence-electron chi connectivity index (χ4n) is 2.70. The van der Waals surface area contributed by atoms with E-state index in [-0.39, 0.29) is 0 Å². The summed E-state index contributed by atoms with van der Waals surface area (Å²) >= 11 is 0. The first-order valence-corrected chi connectivity index (χ1v) is 9.22. The van der Waals surface area contributed by atoms with Gasteiger partial charge in [0.05, 0.1) is 0 Å². The topological polar surface area (TPSA) is 71.5 Å². The average Bonchev–Trinajstić information content (AvgIpc) is 2.73. The number of ether oxygens (including phenoxy) is 1. The zero-order valence-electron chi connectivity index (χ0n) is 15.8. The number of aliphatic hydroxyl groups is 1. The van der Waals surface area contributed by atoms with Crippen molar-refractivity contribution in [1.82, 2.24) is 4.98 Å². The van der Waals surface area contributed by atoms with Crippen molar-refractivity contribution < 1.29 is 14.6 Å². The number of benzene rings is 2. The van der Waals surface area contributed by atoms with Gasteiger partial charge in [-0.15, -0.1) is 0 Å². The molecule has 2 N–H and O–H groups in total. The molecule has 144 valence electrons. The number of aryl methyl sites for hydroxylation is 1. The number of anilines is 1. The predicted molar refractivity (Wildman–Crippen MR) is 109 cm³/mol. The van der Waals surface area contributed by atoms with Crippen LogP contribution in [0.15, 0.2) is 79.1 Å². The molecular formula is C23H24N2O3. The highest BCUT2D eigenvalue weighted by Gasteiger charge is 2.29. The molecule has 3 rings (SSSR count). The number of hydrogen-bond acceptors (Lipinski definition) is 4. The van der Waals surface area contributed by atoms with E-state index in [1.54, 1.807) is 36.7 Å². The second-order valence-electron chi connectivity index (χ2n) is 6.89. The van der Waals surface area contributed by atoms with Crippen LogP contribution in [0.4, 0.5) is 5.69 Å². The number of carbonyl (C=O) groups excluding carboxylic acids is 1. The molecule has 0 aliphatic rings. The second-order valence-corrected chi connectivity index (χ2v) is 6.89. The summed E-state index contributed by atoms with van der Waals surface area (Å²) < 4.78 is 5.70. The van der Waals surface area contributed by atoms with Crippen molar-refractivity contribution in [3.05, 3.63) is 90.3 Å². The Morgan fingerprint density at radius 2 is 1.75 bits per heavy atom. The molecule has 0 fully saturated rings. The molecule has 5 heteroatoms. The number of hydrogen-bond donors (Lipinski definition) is 2. The zero-order valence-corrected chi connectivity index (χ0v) is 15.8.